The van der Waals surface area contributed by atoms with Crippen molar-refractivity contribution < 1.29 is 0 Å². The fourth-order valence-electron chi connectivity index (χ4n) is 4.13. The lowest BCUT2D eigenvalue weighted by Crippen LogP contribution is -2.51. The summed E-state index contributed by atoms with van der Waals surface area (Å²) in [5.74, 6) is 0.906. The molecular weight excluding hydrogens is 256 g/mol. The molecule has 0 radical (unpaired) electrons. The van der Waals surface area contributed by atoms with E-state index in [0.29, 0.717) is 5.41 Å². The number of nitrogens with zero attached hydrogens (tertiary/aromatic N) is 1. The molecule has 2 rings (SSSR count). The maximum Gasteiger partial charge on any atom is 0.00967 e. The molecule has 1 N–H and O–H groups in total. The van der Waals surface area contributed by atoms with Crippen LogP contribution < -0.4 is 5.32 Å². The van der Waals surface area contributed by atoms with Crippen LogP contribution in [0.2, 0.25) is 0 Å². The summed E-state index contributed by atoms with van der Waals surface area (Å²) >= 11 is 0. The number of nitrogens with one attached hydrogen (secondary N) is 1. The van der Waals surface area contributed by atoms with E-state index in [4.69, 9.17) is 0 Å². The van der Waals surface area contributed by atoms with Gasteiger partial charge < -0.3 is 5.32 Å². The fraction of sp³-hybridized carbons (Fsp3) is 1.00. The molecule has 21 heavy (non-hydrogen) atoms. The van der Waals surface area contributed by atoms with Crippen molar-refractivity contribution in [1.82, 2.24) is 10.2 Å². The lowest BCUT2D eigenvalue weighted by molar-refractivity contribution is 0.0697. The highest BCUT2D eigenvalue weighted by Crippen LogP contribution is 2.42. The van der Waals surface area contributed by atoms with Crippen molar-refractivity contribution in [3.8, 4) is 0 Å². The largest absolute Gasteiger partial charge is 0.311 e. The Morgan fingerprint density at radius 3 is 2.43 bits per heavy atom. The van der Waals surface area contributed by atoms with Crippen molar-refractivity contribution in [3.63, 3.8) is 0 Å². The van der Waals surface area contributed by atoms with E-state index >= 15 is 0 Å². The van der Waals surface area contributed by atoms with Gasteiger partial charge in [-0.1, -0.05) is 26.7 Å². The van der Waals surface area contributed by atoms with E-state index in [-0.39, 0.29) is 5.54 Å². The molecule has 2 heteroatoms. The van der Waals surface area contributed by atoms with Crippen LogP contribution in [-0.2, 0) is 0 Å². The van der Waals surface area contributed by atoms with Crippen LogP contribution in [0.25, 0.3) is 0 Å². The van der Waals surface area contributed by atoms with Crippen molar-refractivity contribution in [1.29, 1.82) is 0 Å². The third-order valence-electron chi connectivity index (χ3n) is 5.29. The smallest absolute Gasteiger partial charge is 0.00967 e. The topological polar surface area (TPSA) is 15.3 Å². The molecule has 2 atom stereocenters. The highest BCUT2D eigenvalue weighted by molar-refractivity contribution is 4.95. The van der Waals surface area contributed by atoms with Crippen LogP contribution in [0.3, 0.4) is 0 Å². The summed E-state index contributed by atoms with van der Waals surface area (Å²) in [6, 6.07) is 0.911. The lowest BCUT2D eigenvalue weighted by atomic mass is 9.69. The van der Waals surface area contributed by atoms with Gasteiger partial charge in [-0.3, -0.25) is 4.90 Å². The first-order chi connectivity index (χ1) is 9.84. The quantitative estimate of drug-likeness (QED) is 0.746. The zero-order chi connectivity index (χ0) is 15.5. The number of rotatable bonds is 7. The van der Waals surface area contributed by atoms with Crippen molar-refractivity contribution in [2.75, 3.05) is 19.6 Å². The van der Waals surface area contributed by atoms with Crippen LogP contribution in [0.5, 0.6) is 0 Å². The maximum atomic E-state index is 3.83. The molecule has 0 aromatic carbocycles. The first-order valence-electron chi connectivity index (χ1n) is 9.33. The summed E-state index contributed by atoms with van der Waals surface area (Å²) in [5, 5.41) is 3.83. The van der Waals surface area contributed by atoms with Gasteiger partial charge in [-0.15, -0.1) is 0 Å². The molecule has 2 aliphatic carbocycles. The summed E-state index contributed by atoms with van der Waals surface area (Å²) in [4.78, 5) is 2.82. The Labute approximate surface area is 133 Å². The molecule has 0 aromatic rings. The molecule has 124 valence electrons. The van der Waals surface area contributed by atoms with Crippen molar-refractivity contribution in [2.24, 2.45) is 11.3 Å². The van der Waals surface area contributed by atoms with Gasteiger partial charge >= 0.3 is 0 Å². The highest BCUT2D eigenvalue weighted by atomic mass is 15.2. The monoisotopic (exact) mass is 294 g/mol. The number of hydrogen-bond acceptors (Lipinski definition) is 2. The Balaban J connectivity index is 2.03. The minimum Gasteiger partial charge on any atom is -0.311 e. The van der Waals surface area contributed by atoms with Gasteiger partial charge in [0.1, 0.15) is 0 Å². The molecule has 2 fully saturated rings. The summed E-state index contributed by atoms with van der Waals surface area (Å²) in [6.45, 7) is 15.5. The molecule has 0 amide bonds. The van der Waals surface area contributed by atoms with Crippen LogP contribution >= 0.6 is 0 Å². The molecule has 0 aromatic heterocycles. The lowest BCUT2D eigenvalue weighted by Gasteiger charge is -2.45. The van der Waals surface area contributed by atoms with E-state index in [9.17, 15) is 0 Å². The van der Waals surface area contributed by atoms with Crippen molar-refractivity contribution in [2.45, 2.75) is 91.1 Å². The van der Waals surface area contributed by atoms with Crippen molar-refractivity contribution in [3.05, 3.63) is 0 Å². The van der Waals surface area contributed by atoms with E-state index in [2.05, 4.69) is 44.8 Å². The van der Waals surface area contributed by atoms with Gasteiger partial charge in [-0.25, -0.2) is 0 Å². The molecule has 2 saturated carbocycles. The third kappa shape index (κ3) is 5.56. The predicted octanol–water partition coefficient (Wildman–Crippen LogP) is 4.45. The van der Waals surface area contributed by atoms with Gasteiger partial charge in [0.15, 0.2) is 0 Å². The van der Waals surface area contributed by atoms with Gasteiger partial charge in [0, 0.05) is 24.7 Å². The Bertz CT molecular complexity index is 316. The van der Waals surface area contributed by atoms with E-state index in [1.165, 1.54) is 64.6 Å². The van der Waals surface area contributed by atoms with Crippen LogP contribution in [0, 0.1) is 11.3 Å². The second-order valence-corrected chi connectivity index (χ2v) is 9.01. The predicted molar refractivity (Wildman–Crippen MR) is 92.7 cm³/mol. The molecule has 0 saturated heterocycles. The van der Waals surface area contributed by atoms with Crippen LogP contribution in [0.4, 0.5) is 0 Å². The Morgan fingerprint density at radius 2 is 1.90 bits per heavy atom. The number of hydrogen-bond donors (Lipinski definition) is 1. The Hall–Kier alpha value is -0.0800. The Morgan fingerprint density at radius 1 is 1.19 bits per heavy atom. The average Bonchev–Trinajstić information content (AvgIpc) is 3.20. The third-order valence-corrected chi connectivity index (χ3v) is 5.29. The first kappa shape index (κ1) is 17.3. The first-order valence-corrected chi connectivity index (χ1v) is 9.33. The van der Waals surface area contributed by atoms with E-state index in [1.807, 2.05) is 0 Å². The molecular formula is C19H38N2. The molecule has 0 heterocycles. The SMILES string of the molecule is CCCN(CC1(CNC(C)(C)C)CCCC(C)C1)C1CC1. The molecule has 2 nitrogen and oxygen atoms in total. The van der Waals surface area contributed by atoms with Gasteiger partial charge in [0.25, 0.3) is 0 Å². The summed E-state index contributed by atoms with van der Waals surface area (Å²) < 4.78 is 0. The van der Waals surface area contributed by atoms with E-state index in [1.54, 1.807) is 0 Å². The Kier molecular flexibility index (Phi) is 5.76. The average molecular weight is 295 g/mol. The summed E-state index contributed by atoms with van der Waals surface area (Å²) in [7, 11) is 0. The zero-order valence-electron chi connectivity index (χ0n) is 15.2. The maximum absolute atomic E-state index is 3.83. The molecule has 0 aliphatic heterocycles. The van der Waals surface area contributed by atoms with Gasteiger partial charge in [0.05, 0.1) is 0 Å². The summed E-state index contributed by atoms with van der Waals surface area (Å²) in [6.07, 6.45) is 9.90. The minimum absolute atomic E-state index is 0.239. The van der Waals surface area contributed by atoms with Crippen LogP contribution in [-0.4, -0.2) is 36.1 Å². The standard InChI is InChI=1S/C19H38N2/c1-6-12-21(17-9-10-17)15-19(14-20-18(3,4)5)11-7-8-16(2)13-19/h16-17,20H,6-15H2,1-5H3. The minimum atomic E-state index is 0.239. The van der Waals surface area contributed by atoms with Gasteiger partial charge in [-0.05, 0) is 70.8 Å². The van der Waals surface area contributed by atoms with E-state index in [0.717, 1.165) is 12.0 Å². The van der Waals surface area contributed by atoms with Crippen molar-refractivity contribution >= 4 is 0 Å². The summed E-state index contributed by atoms with van der Waals surface area (Å²) in [5.41, 5.74) is 0.756. The molecule has 2 aliphatic rings. The van der Waals surface area contributed by atoms with Gasteiger partial charge in [0.2, 0.25) is 0 Å². The zero-order valence-corrected chi connectivity index (χ0v) is 15.2. The van der Waals surface area contributed by atoms with Crippen LogP contribution in [0.15, 0.2) is 0 Å². The molecule has 0 spiro atoms. The highest BCUT2D eigenvalue weighted by Gasteiger charge is 2.40. The second-order valence-electron chi connectivity index (χ2n) is 9.01. The fourth-order valence-corrected chi connectivity index (χ4v) is 4.13. The van der Waals surface area contributed by atoms with Crippen LogP contribution in [0.1, 0.15) is 79.6 Å². The van der Waals surface area contributed by atoms with Gasteiger partial charge in [-0.2, -0.15) is 0 Å². The second kappa shape index (κ2) is 7.00. The molecule has 2 unspecified atom stereocenters. The molecule has 0 bridgehead atoms. The normalized spacial score (nSPS) is 30.9. The van der Waals surface area contributed by atoms with E-state index < -0.39 is 0 Å².